The van der Waals surface area contributed by atoms with Crippen LogP contribution in [0.25, 0.3) is 16.5 Å². The van der Waals surface area contributed by atoms with E-state index in [1.807, 2.05) is 58.4 Å². The Morgan fingerprint density at radius 3 is 2.73 bits per heavy atom. The second kappa shape index (κ2) is 7.34. The zero-order valence-electron chi connectivity index (χ0n) is 17.0. The van der Waals surface area contributed by atoms with Crippen LogP contribution >= 0.6 is 0 Å². The lowest BCUT2D eigenvalue weighted by molar-refractivity contribution is 0.137. The Labute approximate surface area is 174 Å². The molecule has 2 amide bonds. The normalized spacial score (nSPS) is 16.5. The van der Waals surface area contributed by atoms with Crippen LogP contribution in [0.4, 0.5) is 4.79 Å². The maximum absolute atomic E-state index is 13.0. The summed E-state index contributed by atoms with van der Waals surface area (Å²) in [7, 11) is 1.90. The maximum atomic E-state index is 13.0. The summed E-state index contributed by atoms with van der Waals surface area (Å²) in [5.41, 5.74) is 4.81. The molecule has 0 atom stereocenters. The first-order valence-corrected chi connectivity index (χ1v) is 10.2. The van der Waals surface area contributed by atoms with E-state index in [4.69, 9.17) is 0 Å². The Kier molecular flexibility index (Phi) is 4.51. The molecule has 0 spiro atoms. The number of likely N-dealkylation sites (tertiary alicyclic amines) is 1. The summed E-state index contributed by atoms with van der Waals surface area (Å²) >= 11 is 0. The molecule has 0 unspecified atom stereocenters. The predicted molar refractivity (Wildman–Crippen MR) is 112 cm³/mol. The molecule has 1 fully saturated rings. The third kappa shape index (κ3) is 3.03. The zero-order chi connectivity index (χ0) is 20.7. The van der Waals surface area contributed by atoms with Crippen molar-refractivity contribution in [1.82, 2.24) is 29.1 Å². The van der Waals surface area contributed by atoms with E-state index >= 15 is 0 Å². The van der Waals surface area contributed by atoms with Gasteiger partial charge in [0.25, 0.3) is 0 Å². The van der Waals surface area contributed by atoms with Gasteiger partial charge in [-0.1, -0.05) is 18.2 Å². The molecule has 2 aromatic heterocycles. The average Bonchev–Trinajstić information content (AvgIpc) is 3.41. The first-order valence-electron chi connectivity index (χ1n) is 10.2. The van der Waals surface area contributed by atoms with Crippen LogP contribution in [0.5, 0.6) is 0 Å². The topological polar surface area (TPSA) is 83.0 Å². The molecule has 8 nitrogen and oxygen atoms in total. The summed E-state index contributed by atoms with van der Waals surface area (Å²) in [4.78, 5) is 21.0. The van der Waals surface area contributed by atoms with Crippen molar-refractivity contribution >= 4 is 22.5 Å². The van der Waals surface area contributed by atoms with Crippen molar-refractivity contribution in [2.75, 3.05) is 19.6 Å². The number of para-hydroxylation sites is 1. The molecule has 0 aliphatic carbocycles. The Hall–Kier alpha value is -3.60. The highest BCUT2D eigenvalue weighted by molar-refractivity contribution is 5.95. The number of allylic oxidation sites excluding steroid dienone is 1. The van der Waals surface area contributed by atoms with Gasteiger partial charge in [-0.05, 0) is 18.4 Å². The molecule has 1 aromatic carbocycles. The molecule has 152 valence electrons. The monoisotopic (exact) mass is 401 g/mol. The van der Waals surface area contributed by atoms with Crippen molar-refractivity contribution in [3.05, 3.63) is 53.8 Å². The Morgan fingerprint density at radius 1 is 1.10 bits per heavy atom. The number of piperidine rings is 1. The lowest BCUT2D eigenvalue weighted by atomic mass is 9.93. The van der Waals surface area contributed by atoms with Gasteiger partial charge in [-0.3, -0.25) is 4.68 Å². The van der Waals surface area contributed by atoms with Gasteiger partial charge in [0.2, 0.25) is 0 Å². The molecule has 4 heterocycles. The molecule has 8 heteroatoms. The molecule has 2 aliphatic rings. The van der Waals surface area contributed by atoms with Gasteiger partial charge < -0.3 is 14.4 Å². The lowest BCUT2D eigenvalue weighted by Crippen LogP contribution is -2.48. The fourth-order valence-electron chi connectivity index (χ4n) is 4.53. The first kappa shape index (κ1) is 18.4. The van der Waals surface area contributed by atoms with Crippen LogP contribution in [-0.2, 0) is 20.1 Å². The van der Waals surface area contributed by atoms with Gasteiger partial charge in [-0.2, -0.15) is 10.4 Å². The number of carbonyl (C=O) groups is 1. The van der Waals surface area contributed by atoms with Gasteiger partial charge in [0.05, 0.1) is 41.9 Å². The molecule has 0 N–H and O–H groups in total. The van der Waals surface area contributed by atoms with E-state index < -0.39 is 0 Å². The quantitative estimate of drug-likeness (QED) is 0.587. The smallest absolute Gasteiger partial charge is 0.320 e. The van der Waals surface area contributed by atoms with Crippen LogP contribution in [0.3, 0.4) is 0 Å². The van der Waals surface area contributed by atoms with Crippen LogP contribution in [0.15, 0.2) is 42.5 Å². The molecular weight excluding hydrogens is 378 g/mol. The number of aromatic nitrogens is 4. The van der Waals surface area contributed by atoms with Gasteiger partial charge in [0.1, 0.15) is 0 Å². The van der Waals surface area contributed by atoms with E-state index in [-0.39, 0.29) is 6.03 Å². The van der Waals surface area contributed by atoms with Gasteiger partial charge in [-0.15, -0.1) is 0 Å². The number of urea groups is 1. The summed E-state index contributed by atoms with van der Waals surface area (Å²) in [6.45, 7) is 3.36. The second-order valence-corrected chi connectivity index (χ2v) is 7.87. The third-order valence-corrected chi connectivity index (χ3v) is 6.17. The van der Waals surface area contributed by atoms with Crippen molar-refractivity contribution in [2.45, 2.75) is 25.9 Å². The largest absolute Gasteiger partial charge is 0.331 e. The van der Waals surface area contributed by atoms with Crippen molar-refractivity contribution in [3.8, 4) is 6.07 Å². The Morgan fingerprint density at radius 2 is 1.93 bits per heavy atom. The minimum Gasteiger partial charge on any atom is -0.331 e. The summed E-state index contributed by atoms with van der Waals surface area (Å²) in [6, 6.07) is 8.48. The number of rotatable bonds is 1. The summed E-state index contributed by atoms with van der Waals surface area (Å²) in [5, 5.41) is 15.3. The van der Waals surface area contributed by atoms with Crippen molar-refractivity contribution in [3.63, 3.8) is 0 Å². The molecule has 2 aliphatic heterocycles. The lowest BCUT2D eigenvalue weighted by Gasteiger charge is -2.36. The van der Waals surface area contributed by atoms with Crippen LogP contribution in [0.2, 0.25) is 0 Å². The number of aryl methyl sites for hydroxylation is 1. The van der Waals surface area contributed by atoms with E-state index in [1.54, 1.807) is 0 Å². The summed E-state index contributed by atoms with van der Waals surface area (Å²) in [5.74, 6) is 0. The van der Waals surface area contributed by atoms with Crippen molar-refractivity contribution in [2.24, 2.45) is 7.05 Å². The number of carbonyl (C=O) groups excluding carboxylic acids is 1. The number of nitrogens with zero attached hydrogens (tertiary/aromatic N) is 7. The van der Waals surface area contributed by atoms with Crippen molar-refractivity contribution in [1.29, 1.82) is 5.26 Å². The molecule has 30 heavy (non-hydrogen) atoms. The Balaban J connectivity index is 1.34. The van der Waals surface area contributed by atoms with E-state index in [9.17, 15) is 10.1 Å². The van der Waals surface area contributed by atoms with Gasteiger partial charge in [-0.25, -0.2) is 9.78 Å². The molecule has 1 saturated heterocycles. The minimum atomic E-state index is 0.0775. The number of imidazole rings is 1. The van der Waals surface area contributed by atoms with E-state index in [2.05, 4.69) is 20.7 Å². The molecule has 5 rings (SSSR count). The van der Waals surface area contributed by atoms with Crippen LogP contribution < -0.4 is 0 Å². The fraction of sp³-hybridized carbons (Fsp3) is 0.364. The SMILES string of the molecule is Cn1ncc2cccc(C(C#N)=C3CCN(C(=O)N4CCn5cncc5C4)CC3)c21. The van der Waals surface area contributed by atoms with E-state index in [1.165, 1.54) is 0 Å². The maximum Gasteiger partial charge on any atom is 0.320 e. The first-order chi connectivity index (χ1) is 14.7. The molecular formula is C22H23N7O. The number of amides is 2. The second-order valence-electron chi connectivity index (χ2n) is 7.87. The molecule has 3 aromatic rings. The van der Waals surface area contributed by atoms with Crippen LogP contribution in [0.1, 0.15) is 24.1 Å². The number of benzene rings is 1. The van der Waals surface area contributed by atoms with Crippen LogP contribution in [0, 0.1) is 11.3 Å². The summed E-state index contributed by atoms with van der Waals surface area (Å²) in [6.07, 6.45) is 6.91. The number of fused-ring (bicyclic) bond motifs is 2. The van der Waals surface area contributed by atoms with E-state index in [0.29, 0.717) is 39.0 Å². The molecule has 0 radical (unpaired) electrons. The summed E-state index contributed by atoms with van der Waals surface area (Å²) < 4.78 is 3.92. The van der Waals surface area contributed by atoms with E-state index in [0.717, 1.165) is 39.9 Å². The number of hydrogen-bond acceptors (Lipinski definition) is 4. The standard InChI is InChI=1S/C22H23N7O/c1-26-21-17(12-25-26)3-2-4-19(21)20(11-23)16-5-7-27(8-6-16)22(30)28-9-10-29-15-24-13-18(29)14-28/h2-4,12-13,15H,5-10,14H2,1H3. The third-order valence-electron chi connectivity index (χ3n) is 6.17. The molecule has 0 saturated carbocycles. The highest BCUT2D eigenvalue weighted by Crippen LogP contribution is 2.31. The highest BCUT2D eigenvalue weighted by Gasteiger charge is 2.28. The average molecular weight is 401 g/mol. The number of nitriles is 1. The Bertz CT molecular complexity index is 1190. The van der Waals surface area contributed by atoms with Gasteiger partial charge in [0, 0.05) is 50.4 Å². The molecule has 0 bridgehead atoms. The van der Waals surface area contributed by atoms with Crippen molar-refractivity contribution < 1.29 is 4.79 Å². The van der Waals surface area contributed by atoms with Crippen LogP contribution in [-0.4, -0.2) is 54.8 Å². The zero-order valence-corrected chi connectivity index (χ0v) is 17.0. The number of hydrogen-bond donors (Lipinski definition) is 0. The van der Waals surface area contributed by atoms with Gasteiger partial charge >= 0.3 is 6.03 Å². The predicted octanol–water partition coefficient (Wildman–Crippen LogP) is 2.78. The highest BCUT2D eigenvalue weighted by atomic mass is 16.2. The van der Waals surface area contributed by atoms with Gasteiger partial charge in [0.15, 0.2) is 0 Å². The minimum absolute atomic E-state index is 0.0775. The fourth-order valence-corrected chi connectivity index (χ4v) is 4.53.